The van der Waals surface area contributed by atoms with E-state index in [4.69, 9.17) is 10.00 Å². The minimum atomic E-state index is -1.02. The Hall–Kier alpha value is -3.53. The summed E-state index contributed by atoms with van der Waals surface area (Å²) in [5.74, 6) is -0.0568. The van der Waals surface area contributed by atoms with Gasteiger partial charge in [0.05, 0.1) is 6.07 Å². The fourth-order valence-electron chi connectivity index (χ4n) is 2.80. The Labute approximate surface area is 162 Å². The number of pyridine rings is 1. The molecule has 2 aromatic rings. The minimum absolute atomic E-state index is 0.00810. The number of aromatic nitrogens is 1. The van der Waals surface area contributed by atoms with E-state index in [1.54, 1.807) is 38.1 Å². The van der Waals surface area contributed by atoms with Gasteiger partial charge in [0.25, 0.3) is 5.91 Å². The van der Waals surface area contributed by atoms with Gasteiger partial charge in [0.2, 0.25) is 0 Å². The number of carbonyl (C=O) groups excluding carboxylic acids is 3. The lowest BCUT2D eigenvalue weighted by molar-refractivity contribution is -0.121. The molecule has 1 aromatic carbocycles. The molecule has 1 aromatic heterocycles. The Morgan fingerprint density at radius 2 is 2.07 bits per heavy atom. The number of nitriles is 1. The van der Waals surface area contributed by atoms with Gasteiger partial charge in [0.1, 0.15) is 23.6 Å². The molecule has 142 valence electrons. The monoisotopic (exact) mass is 377 g/mol. The first-order chi connectivity index (χ1) is 13.3. The van der Waals surface area contributed by atoms with E-state index in [2.05, 4.69) is 10.3 Å². The fourth-order valence-corrected chi connectivity index (χ4v) is 2.80. The van der Waals surface area contributed by atoms with E-state index >= 15 is 0 Å². The first-order valence-corrected chi connectivity index (χ1v) is 8.77. The fraction of sp³-hybridized carbons (Fsp3) is 0.286. The standard InChI is InChI=1S/C21H19N3O4/c1-21(2,12-22)24-20(27)17-7-13(5-6-23-17)8-18(26)14-3-4-15-9-16(25)11-28-19(15)10-14/h3-7,10H,8-9,11H2,1-2H3,(H,24,27). The molecule has 28 heavy (non-hydrogen) atoms. The molecule has 2 heterocycles. The van der Waals surface area contributed by atoms with Crippen LogP contribution >= 0.6 is 0 Å². The van der Waals surface area contributed by atoms with Gasteiger partial charge in [-0.05, 0) is 37.6 Å². The predicted molar refractivity (Wildman–Crippen MR) is 100 cm³/mol. The van der Waals surface area contributed by atoms with E-state index in [-0.39, 0.29) is 30.3 Å². The molecule has 0 fully saturated rings. The molecule has 1 amide bonds. The number of Topliss-reactive ketones (excluding diaryl/α,β-unsaturated/α-hetero) is 2. The molecule has 7 nitrogen and oxygen atoms in total. The molecule has 1 N–H and O–H groups in total. The van der Waals surface area contributed by atoms with Gasteiger partial charge >= 0.3 is 0 Å². The number of nitrogens with one attached hydrogen (secondary N) is 1. The van der Waals surface area contributed by atoms with E-state index in [1.165, 1.54) is 12.3 Å². The van der Waals surface area contributed by atoms with Crippen LogP contribution in [0.2, 0.25) is 0 Å². The number of rotatable bonds is 5. The molecule has 0 saturated heterocycles. The van der Waals surface area contributed by atoms with Gasteiger partial charge in [0.15, 0.2) is 11.6 Å². The normalized spacial score (nSPS) is 13.1. The summed E-state index contributed by atoms with van der Waals surface area (Å²) in [6, 6.07) is 10.2. The number of benzene rings is 1. The van der Waals surface area contributed by atoms with E-state index < -0.39 is 11.4 Å². The van der Waals surface area contributed by atoms with Crippen molar-refractivity contribution in [2.24, 2.45) is 0 Å². The molecule has 0 unspecified atom stereocenters. The predicted octanol–water partition coefficient (Wildman–Crippen LogP) is 2.04. The van der Waals surface area contributed by atoms with Crippen molar-refractivity contribution in [3.63, 3.8) is 0 Å². The molecule has 0 radical (unpaired) electrons. The van der Waals surface area contributed by atoms with Crippen LogP contribution in [0.4, 0.5) is 0 Å². The number of carbonyl (C=O) groups is 3. The van der Waals surface area contributed by atoms with Gasteiger partial charge in [-0.3, -0.25) is 19.4 Å². The highest BCUT2D eigenvalue weighted by molar-refractivity contribution is 5.99. The zero-order valence-electron chi connectivity index (χ0n) is 15.6. The van der Waals surface area contributed by atoms with Crippen LogP contribution in [0.1, 0.15) is 45.8 Å². The van der Waals surface area contributed by atoms with Crippen molar-refractivity contribution >= 4 is 17.5 Å². The third-order valence-corrected chi connectivity index (χ3v) is 4.29. The average molecular weight is 377 g/mol. The summed E-state index contributed by atoms with van der Waals surface area (Å²) in [4.78, 5) is 40.3. The Kier molecular flexibility index (Phi) is 5.23. The second-order valence-corrected chi connectivity index (χ2v) is 7.17. The van der Waals surface area contributed by atoms with Gasteiger partial charge in [-0.2, -0.15) is 5.26 Å². The highest BCUT2D eigenvalue weighted by Gasteiger charge is 2.22. The van der Waals surface area contributed by atoms with E-state index in [9.17, 15) is 14.4 Å². The van der Waals surface area contributed by atoms with Crippen LogP contribution in [-0.2, 0) is 17.6 Å². The summed E-state index contributed by atoms with van der Waals surface area (Å²) in [7, 11) is 0. The summed E-state index contributed by atoms with van der Waals surface area (Å²) in [6.45, 7) is 3.19. The van der Waals surface area contributed by atoms with Gasteiger partial charge in [0, 0.05) is 30.2 Å². The van der Waals surface area contributed by atoms with E-state index in [0.717, 1.165) is 5.56 Å². The van der Waals surface area contributed by atoms with Crippen LogP contribution in [0.15, 0.2) is 36.5 Å². The quantitative estimate of drug-likeness (QED) is 0.799. The van der Waals surface area contributed by atoms with Crippen LogP contribution in [0.3, 0.4) is 0 Å². The summed E-state index contributed by atoms with van der Waals surface area (Å²) < 4.78 is 5.39. The van der Waals surface area contributed by atoms with E-state index in [0.29, 0.717) is 23.3 Å². The third kappa shape index (κ3) is 4.41. The lowest BCUT2D eigenvalue weighted by atomic mass is 9.98. The molecule has 3 rings (SSSR count). The van der Waals surface area contributed by atoms with Gasteiger partial charge < -0.3 is 10.1 Å². The zero-order chi connectivity index (χ0) is 20.3. The van der Waals surface area contributed by atoms with Crippen LogP contribution in [0, 0.1) is 11.3 Å². The van der Waals surface area contributed by atoms with Crippen molar-refractivity contribution in [1.29, 1.82) is 5.26 Å². The van der Waals surface area contributed by atoms with Crippen LogP contribution in [0.25, 0.3) is 0 Å². The Morgan fingerprint density at radius 1 is 1.29 bits per heavy atom. The van der Waals surface area contributed by atoms with Gasteiger partial charge in [-0.15, -0.1) is 0 Å². The molecule has 1 aliphatic rings. The summed E-state index contributed by atoms with van der Waals surface area (Å²) >= 11 is 0. The van der Waals surface area contributed by atoms with Crippen LogP contribution in [-0.4, -0.2) is 34.6 Å². The van der Waals surface area contributed by atoms with Gasteiger partial charge in [-0.25, -0.2) is 0 Å². The van der Waals surface area contributed by atoms with E-state index in [1.807, 2.05) is 6.07 Å². The zero-order valence-corrected chi connectivity index (χ0v) is 15.6. The molecular formula is C21H19N3O4. The Bertz CT molecular complexity index is 1000. The number of amides is 1. The highest BCUT2D eigenvalue weighted by atomic mass is 16.5. The molecule has 0 spiro atoms. The van der Waals surface area contributed by atoms with Gasteiger partial charge in [-0.1, -0.05) is 12.1 Å². The van der Waals surface area contributed by atoms with Crippen molar-refractivity contribution in [1.82, 2.24) is 10.3 Å². The summed E-state index contributed by atoms with van der Waals surface area (Å²) in [6.07, 6.45) is 1.85. The Balaban J connectivity index is 1.74. The molecular weight excluding hydrogens is 358 g/mol. The van der Waals surface area contributed by atoms with Crippen molar-refractivity contribution < 1.29 is 19.1 Å². The van der Waals surface area contributed by atoms with Crippen LogP contribution < -0.4 is 10.1 Å². The van der Waals surface area contributed by atoms with Crippen molar-refractivity contribution in [2.75, 3.05) is 6.61 Å². The van der Waals surface area contributed by atoms with Crippen molar-refractivity contribution in [3.8, 4) is 11.8 Å². The molecule has 0 atom stereocenters. The maximum Gasteiger partial charge on any atom is 0.271 e. The van der Waals surface area contributed by atoms with Crippen molar-refractivity contribution in [2.45, 2.75) is 32.2 Å². The number of hydrogen-bond donors (Lipinski definition) is 1. The summed E-state index contributed by atoms with van der Waals surface area (Å²) in [5, 5.41) is 11.6. The number of fused-ring (bicyclic) bond motifs is 1. The number of ketones is 2. The maximum atomic E-state index is 12.6. The molecule has 0 saturated carbocycles. The topological polar surface area (TPSA) is 109 Å². The lowest BCUT2D eigenvalue weighted by Crippen LogP contribution is -2.42. The molecule has 7 heteroatoms. The van der Waals surface area contributed by atoms with Crippen molar-refractivity contribution in [3.05, 3.63) is 58.9 Å². The third-order valence-electron chi connectivity index (χ3n) is 4.29. The highest BCUT2D eigenvalue weighted by Crippen LogP contribution is 2.25. The lowest BCUT2D eigenvalue weighted by Gasteiger charge is -2.17. The number of hydrogen-bond acceptors (Lipinski definition) is 6. The first-order valence-electron chi connectivity index (χ1n) is 8.77. The number of ether oxygens (including phenoxy) is 1. The molecule has 0 bridgehead atoms. The van der Waals surface area contributed by atoms with Crippen LogP contribution in [0.5, 0.6) is 5.75 Å². The second kappa shape index (κ2) is 7.61. The largest absolute Gasteiger partial charge is 0.486 e. The average Bonchev–Trinajstić information content (AvgIpc) is 2.67. The Morgan fingerprint density at radius 3 is 2.82 bits per heavy atom. The summed E-state index contributed by atoms with van der Waals surface area (Å²) in [5.41, 5.74) is 1.00. The number of nitrogens with zero attached hydrogens (tertiary/aromatic N) is 2. The SMILES string of the molecule is CC(C)(C#N)NC(=O)c1cc(CC(=O)c2ccc3c(c2)OCC(=O)C3)ccn1. The molecule has 0 aliphatic carbocycles. The second-order valence-electron chi connectivity index (χ2n) is 7.17. The first kappa shape index (κ1) is 19.2. The minimum Gasteiger partial charge on any atom is -0.486 e. The smallest absolute Gasteiger partial charge is 0.271 e. The maximum absolute atomic E-state index is 12.6. The molecule has 1 aliphatic heterocycles.